The standard InChI is InChI=1S/C16H22O7/c1-10(18)16(22)23-14-8-13(19)11(12(14)9-17)6-4-2-3-5-7-15(20)21/h9,11-12,14H,2-8H2,1H3,(H,20,21)/t11-,12-,14-/m0/s1. The van der Waals surface area contributed by atoms with Crippen molar-refractivity contribution in [1.29, 1.82) is 0 Å². The van der Waals surface area contributed by atoms with Crippen LogP contribution in [0.4, 0.5) is 0 Å². The highest BCUT2D eigenvalue weighted by Crippen LogP contribution is 2.34. The molecule has 1 fully saturated rings. The quantitative estimate of drug-likeness (QED) is 0.278. The van der Waals surface area contributed by atoms with Crippen LogP contribution in [0.15, 0.2) is 0 Å². The monoisotopic (exact) mass is 326 g/mol. The molecule has 0 saturated heterocycles. The van der Waals surface area contributed by atoms with Gasteiger partial charge >= 0.3 is 11.9 Å². The SMILES string of the molecule is CC(=O)C(=O)O[C@H]1CC(=O)[C@@H](CCCCCCC(=O)O)[C@@H]1C=O. The number of esters is 1. The van der Waals surface area contributed by atoms with E-state index in [1.807, 2.05) is 0 Å². The Morgan fingerprint density at radius 1 is 1.22 bits per heavy atom. The number of carboxylic acids is 1. The number of Topliss-reactive ketones (excluding diaryl/α,β-unsaturated/α-hetero) is 2. The number of ketones is 2. The largest absolute Gasteiger partial charge is 0.481 e. The van der Waals surface area contributed by atoms with E-state index in [-0.39, 0.29) is 18.6 Å². The van der Waals surface area contributed by atoms with E-state index in [4.69, 9.17) is 9.84 Å². The summed E-state index contributed by atoms with van der Waals surface area (Å²) in [5.41, 5.74) is 0. The first-order valence-electron chi connectivity index (χ1n) is 7.78. The molecule has 0 aromatic carbocycles. The molecule has 0 heterocycles. The normalized spacial score (nSPS) is 23.5. The van der Waals surface area contributed by atoms with E-state index < -0.39 is 35.7 Å². The first-order valence-corrected chi connectivity index (χ1v) is 7.78. The van der Waals surface area contributed by atoms with Crippen LogP contribution in [0.2, 0.25) is 0 Å². The molecule has 1 aliphatic carbocycles. The first kappa shape index (κ1) is 19.0. The molecule has 23 heavy (non-hydrogen) atoms. The maximum absolute atomic E-state index is 12.0. The van der Waals surface area contributed by atoms with E-state index in [0.717, 1.165) is 19.8 Å². The molecule has 0 amide bonds. The Hall–Kier alpha value is -2.05. The van der Waals surface area contributed by atoms with Crippen LogP contribution in [0, 0.1) is 11.8 Å². The van der Waals surface area contributed by atoms with Crippen molar-refractivity contribution in [2.24, 2.45) is 11.8 Å². The summed E-state index contributed by atoms with van der Waals surface area (Å²) in [5, 5.41) is 8.54. The van der Waals surface area contributed by atoms with E-state index in [9.17, 15) is 24.0 Å². The lowest BCUT2D eigenvalue weighted by Gasteiger charge is -2.18. The zero-order chi connectivity index (χ0) is 17.4. The molecule has 128 valence electrons. The van der Waals surface area contributed by atoms with Gasteiger partial charge in [-0.25, -0.2) is 4.79 Å². The van der Waals surface area contributed by atoms with Gasteiger partial charge in [0.1, 0.15) is 18.2 Å². The minimum absolute atomic E-state index is 0.0356. The molecule has 1 saturated carbocycles. The number of aldehydes is 1. The molecule has 1 N–H and O–H groups in total. The lowest BCUT2D eigenvalue weighted by Crippen LogP contribution is -2.29. The summed E-state index contributed by atoms with van der Waals surface area (Å²) in [5.74, 6) is -3.93. The minimum Gasteiger partial charge on any atom is -0.481 e. The smallest absolute Gasteiger partial charge is 0.374 e. The van der Waals surface area contributed by atoms with Crippen LogP contribution in [0.3, 0.4) is 0 Å². The zero-order valence-electron chi connectivity index (χ0n) is 13.2. The van der Waals surface area contributed by atoms with Crippen molar-refractivity contribution in [2.75, 3.05) is 0 Å². The maximum atomic E-state index is 12.0. The molecular weight excluding hydrogens is 304 g/mol. The number of carbonyl (C=O) groups is 5. The minimum atomic E-state index is -1.02. The lowest BCUT2D eigenvalue weighted by molar-refractivity contribution is -0.159. The molecule has 0 radical (unpaired) electrons. The van der Waals surface area contributed by atoms with Crippen molar-refractivity contribution in [2.45, 2.75) is 58.0 Å². The highest BCUT2D eigenvalue weighted by molar-refractivity contribution is 6.32. The number of hydrogen-bond donors (Lipinski definition) is 1. The van der Waals surface area contributed by atoms with Crippen molar-refractivity contribution in [3.8, 4) is 0 Å². The van der Waals surface area contributed by atoms with Crippen molar-refractivity contribution < 1.29 is 33.8 Å². The number of aliphatic carboxylic acids is 1. The summed E-state index contributed by atoms with van der Waals surface area (Å²) in [6, 6.07) is 0. The van der Waals surface area contributed by atoms with Gasteiger partial charge in [0.2, 0.25) is 5.78 Å². The Balaban J connectivity index is 2.44. The fraction of sp³-hybridized carbons (Fsp3) is 0.688. The molecule has 1 rings (SSSR count). The Morgan fingerprint density at radius 2 is 1.87 bits per heavy atom. The highest BCUT2D eigenvalue weighted by atomic mass is 16.5. The lowest BCUT2D eigenvalue weighted by atomic mass is 9.90. The van der Waals surface area contributed by atoms with Crippen LogP contribution in [0.25, 0.3) is 0 Å². The Kier molecular flexibility index (Phi) is 7.57. The van der Waals surface area contributed by atoms with Crippen LogP contribution < -0.4 is 0 Å². The Labute approximate surface area is 134 Å². The van der Waals surface area contributed by atoms with E-state index in [1.54, 1.807) is 0 Å². The molecular formula is C16H22O7. The summed E-state index contributed by atoms with van der Waals surface area (Å²) in [7, 11) is 0. The van der Waals surface area contributed by atoms with Crippen LogP contribution in [0.5, 0.6) is 0 Å². The summed E-state index contributed by atoms with van der Waals surface area (Å²) in [6.45, 7) is 1.07. The molecule has 0 aromatic rings. The fourth-order valence-electron chi connectivity index (χ4n) is 2.83. The summed E-state index contributed by atoms with van der Waals surface area (Å²) < 4.78 is 4.94. The van der Waals surface area contributed by atoms with Gasteiger partial charge in [-0.15, -0.1) is 0 Å². The van der Waals surface area contributed by atoms with Gasteiger partial charge in [-0.2, -0.15) is 0 Å². The molecule has 0 aliphatic heterocycles. The fourth-order valence-corrected chi connectivity index (χ4v) is 2.83. The van der Waals surface area contributed by atoms with Gasteiger partial charge in [0, 0.05) is 25.7 Å². The second-order valence-corrected chi connectivity index (χ2v) is 5.84. The highest BCUT2D eigenvalue weighted by Gasteiger charge is 2.44. The molecule has 7 nitrogen and oxygen atoms in total. The van der Waals surface area contributed by atoms with E-state index in [2.05, 4.69) is 0 Å². The number of carbonyl (C=O) groups excluding carboxylic acids is 4. The predicted molar refractivity (Wildman–Crippen MR) is 78.6 cm³/mol. The average molecular weight is 326 g/mol. The second kappa shape index (κ2) is 9.17. The number of ether oxygens (including phenoxy) is 1. The Bertz CT molecular complexity index is 483. The van der Waals surface area contributed by atoms with E-state index in [1.165, 1.54) is 0 Å². The third-order valence-corrected chi connectivity index (χ3v) is 4.07. The molecule has 3 atom stereocenters. The van der Waals surface area contributed by atoms with Crippen molar-refractivity contribution >= 4 is 29.8 Å². The molecule has 0 spiro atoms. The van der Waals surface area contributed by atoms with Gasteiger partial charge < -0.3 is 14.6 Å². The Morgan fingerprint density at radius 3 is 2.43 bits per heavy atom. The van der Waals surface area contributed by atoms with E-state index >= 15 is 0 Å². The van der Waals surface area contributed by atoms with Gasteiger partial charge in [0.15, 0.2) is 0 Å². The van der Waals surface area contributed by atoms with Crippen LogP contribution >= 0.6 is 0 Å². The number of carboxylic acid groups (broad SMARTS) is 1. The van der Waals surface area contributed by atoms with Gasteiger partial charge in [-0.05, 0) is 12.8 Å². The van der Waals surface area contributed by atoms with Crippen molar-refractivity contribution in [3.63, 3.8) is 0 Å². The molecule has 7 heteroatoms. The maximum Gasteiger partial charge on any atom is 0.374 e. The third kappa shape index (κ3) is 5.92. The number of unbranched alkanes of at least 4 members (excludes halogenated alkanes) is 3. The average Bonchev–Trinajstić information content (AvgIpc) is 2.77. The van der Waals surface area contributed by atoms with Crippen LogP contribution in [0.1, 0.15) is 51.9 Å². The molecule has 0 unspecified atom stereocenters. The first-order chi connectivity index (χ1) is 10.9. The summed E-state index contributed by atoms with van der Waals surface area (Å²) in [6.07, 6.45) is 3.18. The van der Waals surface area contributed by atoms with Crippen LogP contribution in [-0.2, 0) is 28.7 Å². The van der Waals surface area contributed by atoms with Gasteiger partial charge in [0.05, 0.1) is 5.92 Å². The van der Waals surface area contributed by atoms with Gasteiger partial charge in [0.25, 0.3) is 0 Å². The van der Waals surface area contributed by atoms with Crippen LogP contribution in [-0.4, -0.2) is 41.0 Å². The van der Waals surface area contributed by atoms with Crippen molar-refractivity contribution in [3.05, 3.63) is 0 Å². The van der Waals surface area contributed by atoms with Gasteiger partial charge in [-0.1, -0.05) is 19.3 Å². The summed E-state index contributed by atoms with van der Waals surface area (Å²) in [4.78, 5) is 55.9. The molecule has 1 aliphatic rings. The summed E-state index contributed by atoms with van der Waals surface area (Å²) >= 11 is 0. The zero-order valence-corrected chi connectivity index (χ0v) is 13.2. The van der Waals surface area contributed by atoms with Crippen molar-refractivity contribution in [1.82, 2.24) is 0 Å². The molecule has 0 bridgehead atoms. The third-order valence-electron chi connectivity index (χ3n) is 4.07. The predicted octanol–water partition coefficient (Wildman–Crippen LogP) is 1.32. The number of hydrogen-bond acceptors (Lipinski definition) is 6. The topological polar surface area (TPSA) is 115 Å². The van der Waals surface area contributed by atoms with E-state index in [0.29, 0.717) is 25.5 Å². The number of rotatable bonds is 10. The second-order valence-electron chi connectivity index (χ2n) is 5.84. The van der Waals surface area contributed by atoms with Gasteiger partial charge in [-0.3, -0.25) is 14.4 Å². The molecule has 0 aromatic heterocycles.